The molecular formula is C6H9FO3. The van der Waals surface area contributed by atoms with Crippen molar-refractivity contribution in [1.29, 1.82) is 0 Å². The van der Waals surface area contributed by atoms with E-state index in [0.29, 0.717) is 6.61 Å². The van der Waals surface area contributed by atoms with Gasteiger partial charge < -0.3 is 14.6 Å². The third-order valence-corrected chi connectivity index (χ3v) is 1.94. The number of hydrogen-bond acceptors (Lipinski definition) is 3. The highest BCUT2D eigenvalue weighted by molar-refractivity contribution is 4.86. The molecular weight excluding hydrogens is 139 g/mol. The molecule has 0 aromatic carbocycles. The summed E-state index contributed by atoms with van der Waals surface area (Å²) >= 11 is 0. The first kappa shape index (κ1) is 6.52. The van der Waals surface area contributed by atoms with E-state index in [0.717, 1.165) is 0 Å². The van der Waals surface area contributed by atoms with E-state index in [-0.39, 0.29) is 6.42 Å². The van der Waals surface area contributed by atoms with Crippen LogP contribution in [-0.2, 0) is 9.47 Å². The molecule has 0 radical (unpaired) electrons. The Morgan fingerprint density at radius 1 is 1.50 bits per heavy atom. The quantitative estimate of drug-likeness (QED) is 0.518. The zero-order valence-corrected chi connectivity index (χ0v) is 5.37. The Morgan fingerprint density at radius 2 is 2.30 bits per heavy atom. The van der Waals surface area contributed by atoms with Crippen LogP contribution in [0.25, 0.3) is 0 Å². The van der Waals surface area contributed by atoms with E-state index in [9.17, 15) is 4.39 Å². The summed E-state index contributed by atoms with van der Waals surface area (Å²) in [6.07, 6.45) is -2.85. The Hall–Kier alpha value is -0.190. The maximum atomic E-state index is 12.7. The molecule has 58 valence electrons. The zero-order chi connectivity index (χ0) is 7.14. The molecule has 2 saturated heterocycles. The van der Waals surface area contributed by atoms with Crippen LogP contribution in [-0.4, -0.2) is 36.4 Å². The number of halogens is 1. The zero-order valence-electron chi connectivity index (χ0n) is 5.37. The lowest BCUT2D eigenvalue weighted by molar-refractivity contribution is -0.148. The average Bonchev–Trinajstić information content (AvgIpc) is 2.29. The molecule has 2 aliphatic heterocycles. The molecule has 4 heteroatoms. The van der Waals surface area contributed by atoms with Crippen LogP contribution >= 0.6 is 0 Å². The fourth-order valence-corrected chi connectivity index (χ4v) is 1.33. The molecule has 4 atom stereocenters. The van der Waals surface area contributed by atoms with Gasteiger partial charge in [-0.3, -0.25) is 0 Å². The molecule has 3 nitrogen and oxygen atoms in total. The van der Waals surface area contributed by atoms with E-state index in [1.165, 1.54) is 0 Å². The lowest BCUT2D eigenvalue weighted by Crippen LogP contribution is -2.41. The summed E-state index contributed by atoms with van der Waals surface area (Å²) in [6, 6.07) is 0. The largest absolute Gasteiger partial charge is 0.387 e. The Bertz CT molecular complexity index is 141. The number of aliphatic hydroxyl groups is 1. The Morgan fingerprint density at radius 3 is 3.10 bits per heavy atom. The van der Waals surface area contributed by atoms with E-state index in [4.69, 9.17) is 14.6 Å². The van der Waals surface area contributed by atoms with Crippen molar-refractivity contribution in [3.8, 4) is 0 Å². The van der Waals surface area contributed by atoms with Gasteiger partial charge in [-0.05, 0) is 0 Å². The first-order chi connectivity index (χ1) is 4.77. The molecule has 0 amide bonds. The van der Waals surface area contributed by atoms with Crippen LogP contribution in [0.3, 0.4) is 0 Å². The summed E-state index contributed by atoms with van der Waals surface area (Å²) in [4.78, 5) is 0. The standard InChI is InChI=1S/C6H9FO3/c7-3-1-5-9-2-4(10-5)6(3)8/h3-6,8H,1-2H2/t3-,4+,5-,6+/m1/s1. The first-order valence-electron chi connectivity index (χ1n) is 3.36. The minimum Gasteiger partial charge on any atom is -0.387 e. The second kappa shape index (κ2) is 2.15. The van der Waals surface area contributed by atoms with Crippen molar-refractivity contribution in [2.75, 3.05) is 6.61 Å². The van der Waals surface area contributed by atoms with Crippen molar-refractivity contribution in [3.63, 3.8) is 0 Å². The van der Waals surface area contributed by atoms with Gasteiger partial charge in [0.25, 0.3) is 0 Å². The molecule has 2 rings (SSSR count). The summed E-state index contributed by atoms with van der Waals surface area (Å²) in [5, 5.41) is 9.08. The molecule has 10 heavy (non-hydrogen) atoms. The summed E-state index contributed by atoms with van der Waals surface area (Å²) in [5.74, 6) is 0. The van der Waals surface area contributed by atoms with Crippen LogP contribution in [0.5, 0.6) is 0 Å². The predicted octanol–water partition coefficient (Wildman–Crippen LogP) is -0.169. The number of hydrogen-bond donors (Lipinski definition) is 1. The molecule has 0 aliphatic carbocycles. The van der Waals surface area contributed by atoms with Gasteiger partial charge in [0.05, 0.1) is 6.61 Å². The van der Waals surface area contributed by atoms with Crippen LogP contribution < -0.4 is 0 Å². The maximum absolute atomic E-state index is 12.7. The normalized spacial score (nSPS) is 53.4. The van der Waals surface area contributed by atoms with Gasteiger partial charge in [0, 0.05) is 6.42 Å². The summed E-state index contributed by atoms with van der Waals surface area (Å²) in [7, 11) is 0. The molecule has 1 N–H and O–H groups in total. The summed E-state index contributed by atoms with van der Waals surface area (Å²) < 4.78 is 22.8. The summed E-state index contributed by atoms with van der Waals surface area (Å²) in [5.41, 5.74) is 0. The molecule has 0 aromatic heterocycles. The topological polar surface area (TPSA) is 38.7 Å². The number of fused-ring (bicyclic) bond motifs is 2. The molecule has 0 saturated carbocycles. The Kier molecular flexibility index (Phi) is 1.40. The van der Waals surface area contributed by atoms with Crippen LogP contribution in [0.2, 0.25) is 0 Å². The highest BCUT2D eigenvalue weighted by Gasteiger charge is 2.43. The van der Waals surface area contributed by atoms with Crippen molar-refractivity contribution in [1.82, 2.24) is 0 Å². The van der Waals surface area contributed by atoms with Gasteiger partial charge in [-0.1, -0.05) is 0 Å². The van der Waals surface area contributed by atoms with Crippen LogP contribution in [0.15, 0.2) is 0 Å². The highest BCUT2D eigenvalue weighted by Crippen LogP contribution is 2.28. The van der Waals surface area contributed by atoms with Gasteiger partial charge in [-0.15, -0.1) is 0 Å². The van der Waals surface area contributed by atoms with Gasteiger partial charge in [-0.2, -0.15) is 0 Å². The molecule has 0 unspecified atom stereocenters. The van der Waals surface area contributed by atoms with Crippen molar-refractivity contribution >= 4 is 0 Å². The van der Waals surface area contributed by atoms with Gasteiger partial charge in [0.2, 0.25) is 0 Å². The average molecular weight is 148 g/mol. The van der Waals surface area contributed by atoms with Gasteiger partial charge >= 0.3 is 0 Å². The third kappa shape index (κ3) is 0.836. The smallest absolute Gasteiger partial charge is 0.161 e. The number of rotatable bonds is 0. The molecule has 2 aliphatic rings. The monoisotopic (exact) mass is 148 g/mol. The molecule has 2 fully saturated rings. The first-order valence-corrected chi connectivity index (χ1v) is 3.36. The van der Waals surface area contributed by atoms with Crippen molar-refractivity contribution in [2.24, 2.45) is 0 Å². The van der Waals surface area contributed by atoms with Crippen LogP contribution in [0.1, 0.15) is 6.42 Å². The fourth-order valence-electron chi connectivity index (χ4n) is 1.33. The Labute approximate surface area is 57.7 Å². The minimum absolute atomic E-state index is 0.164. The van der Waals surface area contributed by atoms with Crippen molar-refractivity contribution in [2.45, 2.75) is 31.1 Å². The van der Waals surface area contributed by atoms with E-state index in [2.05, 4.69) is 0 Å². The van der Waals surface area contributed by atoms with E-state index in [1.54, 1.807) is 0 Å². The highest BCUT2D eigenvalue weighted by atomic mass is 19.1. The summed E-state index contributed by atoms with van der Waals surface area (Å²) in [6.45, 7) is 0.326. The van der Waals surface area contributed by atoms with Crippen molar-refractivity contribution in [3.05, 3.63) is 0 Å². The Balaban J connectivity index is 2.09. The van der Waals surface area contributed by atoms with E-state index >= 15 is 0 Å². The van der Waals surface area contributed by atoms with Crippen LogP contribution in [0, 0.1) is 0 Å². The lowest BCUT2D eigenvalue weighted by atomic mass is 10.1. The lowest BCUT2D eigenvalue weighted by Gasteiger charge is -2.26. The molecule has 0 aromatic rings. The van der Waals surface area contributed by atoms with Gasteiger partial charge in [0.1, 0.15) is 18.4 Å². The molecule has 2 heterocycles. The van der Waals surface area contributed by atoms with Crippen LogP contribution in [0.4, 0.5) is 4.39 Å². The second-order valence-corrected chi connectivity index (χ2v) is 2.68. The van der Waals surface area contributed by atoms with Crippen molar-refractivity contribution < 1.29 is 19.0 Å². The maximum Gasteiger partial charge on any atom is 0.161 e. The van der Waals surface area contributed by atoms with Gasteiger partial charge in [0.15, 0.2) is 6.29 Å². The fraction of sp³-hybridized carbons (Fsp3) is 1.00. The van der Waals surface area contributed by atoms with E-state index in [1.807, 2.05) is 0 Å². The van der Waals surface area contributed by atoms with Gasteiger partial charge in [-0.25, -0.2) is 4.39 Å². The number of aliphatic hydroxyl groups excluding tert-OH is 1. The number of alkyl halides is 1. The number of ether oxygens (including phenoxy) is 2. The van der Waals surface area contributed by atoms with E-state index < -0.39 is 24.7 Å². The minimum atomic E-state index is -1.17. The SMILES string of the molecule is O[C@H]1[C@H](F)C[C@@H]2OC[C@@H]1O2. The second-order valence-electron chi connectivity index (χ2n) is 2.68. The molecule has 2 bridgehead atoms. The molecule has 0 spiro atoms. The predicted molar refractivity (Wildman–Crippen MR) is 30.1 cm³/mol. The third-order valence-electron chi connectivity index (χ3n) is 1.94.